The van der Waals surface area contributed by atoms with Crippen molar-refractivity contribution in [3.8, 4) is 0 Å². The summed E-state index contributed by atoms with van der Waals surface area (Å²) in [6.45, 7) is 0.480. The van der Waals surface area contributed by atoms with Crippen LogP contribution >= 0.6 is 0 Å². The van der Waals surface area contributed by atoms with Crippen LogP contribution in [0.25, 0.3) is 0 Å². The number of carbonyl (C=O) groups is 1. The third kappa shape index (κ3) is 4.00. The maximum atomic E-state index is 13.3. The monoisotopic (exact) mass is 353 g/mol. The molecule has 1 aromatic heterocycles. The summed E-state index contributed by atoms with van der Waals surface area (Å²) in [7, 11) is 3.28. The normalized spacial score (nSPS) is 12.2. The topological polar surface area (TPSA) is 42.7 Å². The van der Waals surface area contributed by atoms with Crippen LogP contribution in [0.3, 0.4) is 0 Å². The van der Waals surface area contributed by atoms with Crippen LogP contribution < -0.4 is 0 Å². The van der Waals surface area contributed by atoms with E-state index in [2.05, 4.69) is 9.64 Å². The summed E-state index contributed by atoms with van der Waals surface area (Å²) in [6, 6.07) is 19.7. The quantitative estimate of drug-likeness (QED) is 0.615. The Morgan fingerprint density at radius 3 is 2.35 bits per heavy atom. The maximum absolute atomic E-state index is 13.3. The Morgan fingerprint density at radius 1 is 1.04 bits per heavy atom. The van der Waals surface area contributed by atoms with Gasteiger partial charge in [-0.15, -0.1) is 0 Å². The van der Waals surface area contributed by atoms with E-state index in [0.29, 0.717) is 12.3 Å². The van der Waals surface area contributed by atoms with Crippen molar-refractivity contribution >= 4 is 5.97 Å². The molecule has 0 saturated heterocycles. The van der Waals surface area contributed by atoms with Crippen LogP contribution in [-0.2, 0) is 11.3 Å². The lowest BCUT2D eigenvalue weighted by Gasteiger charge is -2.28. The van der Waals surface area contributed by atoms with Gasteiger partial charge in [-0.2, -0.15) is 0 Å². The number of methoxy groups -OCH3 is 1. The van der Waals surface area contributed by atoms with Gasteiger partial charge in [-0.3, -0.25) is 4.90 Å². The Kier molecular flexibility index (Phi) is 5.49. The van der Waals surface area contributed by atoms with Crippen molar-refractivity contribution in [2.45, 2.75) is 12.6 Å². The summed E-state index contributed by atoms with van der Waals surface area (Å²) in [4.78, 5) is 13.6. The average molecular weight is 353 g/mol. The standard InChI is InChI=1S/C21H20FNO3/c1-23(14-18-12-13-19(26-18)21(24)25-2)20(15-6-4-3-5-7-15)16-8-10-17(22)11-9-16/h3-13,20H,14H2,1-2H3. The predicted octanol–water partition coefficient (Wildman–Crippen LogP) is 4.43. The second-order valence-corrected chi connectivity index (χ2v) is 6.04. The minimum Gasteiger partial charge on any atom is -0.463 e. The molecule has 0 aliphatic heterocycles. The van der Waals surface area contributed by atoms with E-state index in [0.717, 1.165) is 11.1 Å². The van der Waals surface area contributed by atoms with Crippen LogP contribution in [-0.4, -0.2) is 25.0 Å². The van der Waals surface area contributed by atoms with Crippen LogP contribution in [0.15, 0.2) is 71.1 Å². The van der Waals surface area contributed by atoms with Gasteiger partial charge < -0.3 is 9.15 Å². The molecule has 0 N–H and O–H groups in total. The number of halogens is 1. The molecule has 3 aromatic rings. The second-order valence-electron chi connectivity index (χ2n) is 6.04. The Balaban J connectivity index is 1.87. The number of rotatable bonds is 6. The molecule has 26 heavy (non-hydrogen) atoms. The fourth-order valence-electron chi connectivity index (χ4n) is 2.99. The van der Waals surface area contributed by atoms with Crippen LogP contribution in [0.4, 0.5) is 4.39 Å². The first-order chi connectivity index (χ1) is 12.6. The van der Waals surface area contributed by atoms with Gasteiger partial charge in [-0.25, -0.2) is 9.18 Å². The molecule has 0 aliphatic rings. The van der Waals surface area contributed by atoms with Gasteiger partial charge in [0, 0.05) is 0 Å². The summed E-state index contributed by atoms with van der Waals surface area (Å²) in [5, 5.41) is 0. The van der Waals surface area contributed by atoms with E-state index in [1.165, 1.54) is 19.2 Å². The number of hydrogen-bond acceptors (Lipinski definition) is 4. The highest BCUT2D eigenvalue weighted by Crippen LogP contribution is 2.29. The number of esters is 1. The fraction of sp³-hybridized carbons (Fsp3) is 0.190. The Bertz CT molecular complexity index is 858. The Hall–Kier alpha value is -2.92. The molecule has 4 nitrogen and oxygen atoms in total. The van der Waals surface area contributed by atoms with Crippen molar-refractivity contribution in [3.05, 3.63) is 95.2 Å². The number of benzene rings is 2. The third-order valence-electron chi connectivity index (χ3n) is 4.20. The molecular formula is C21H20FNO3. The van der Waals surface area contributed by atoms with Gasteiger partial charge in [0.15, 0.2) is 0 Å². The lowest BCUT2D eigenvalue weighted by atomic mass is 9.97. The van der Waals surface area contributed by atoms with Crippen molar-refractivity contribution < 1.29 is 18.3 Å². The summed E-state index contributed by atoms with van der Waals surface area (Å²) >= 11 is 0. The van der Waals surface area contributed by atoms with Crippen LogP contribution in [0.1, 0.15) is 33.5 Å². The number of nitrogens with zero attached hydrogens (tertiary/aromatic N) is 1. The van der Waals surface area contributed by atoms with Gasteiger partial charge in [0.1, 0.15) is 11.6 Å². The number of furan rings is 1. The minimum absolute atomic E-state index is 0.0801. The van der Waals surface area contributed by atoms with E-state index in [4.69, 9.17) is 4.42 Å². The molecule has 1 atom stereocenters. The smallest absolute Gasteiger partial charge is 0.373 e. The Labute approximate surface area is 151 Å². The highest BCUT2D eigenvalue weighted by atomic mass is 19.1. The van der Waals surface area contributed by atoms with E-state index in [-0.39, 0.29) is 17.6 Å². The average Bonchev–Trinajstić information content (AvgIpc) is 3.12. The van der Waals surface area contributed by atoms with E-state index >= 15 is 0 Å². The molecule has 0 amide bonds. The van der Waals surface area contributed by atoms with Crippen LogP contribution in [0.2, 0.25) is 0 Å². The van der Waals surface area contributed by atoms with Crippen molar-refractivity contribution in [3.63, 3.8) is 0 Å². The first-order valence-electron chi connectivity index (χ1n) is 8.26. The van der Waals surface area contributed by atoms with E-state index in [9.17, 15) is 9.18 Å². The van der Waals surface area contributed by atoms with Crippen LogP contribution in [0, 0.1) is 5.82 Å². The van der Waals surface area contributed by atoms with Gasteiger partial charge in [-0.05, 0) is 42.4 Å². The zero-order valence-corrected chi connectivity index (χ0v) is 14.7. The molecule has 2 aromatic carbocycles. The number of hydrogen-bond donors (Lipinski definition) is 0. The molecular weight excluding hydrogens is 333 g/mol. The van der Waals surface area contributed by atoms with Crippen molar-refractivity contribution in [2.24, 2.45) is 0 Å². The van der Waals surface area contributed by atoms with Gasteiger partial charge >= 0.3 is 5.97 Å². The summed E-state index contributed by atoms with van der Waals surface area (Å²) in [5.74, 6) is 0.0545. The first kappa shape index (κ1) is 17.9. The van der Waals surface area contributed by atoms with Gasteiger partial charge in [-0.1, -0.05) is 42.5 Å². The molecule has 0 radical (unpaired) electrons. The van der Waals surface area contributed by atoms with Crippen LogP contribution in [0.5, 0.6) is 0 Å². The van der Waals surface area contributed by atoms with Gasteiger partial charge in [0.05, 0.1) is 19.7 Å². The molecule has 0 saturated carbocycles. The number of carbonyl (C=O) groups excluding carboxylic acids is 1. The molecule has 5 heteroatoms. The second kappa shape index (κ2) is 7.97. The highest BCUT2D eigenvalue weighted by Gasteiger charge is 2.21. The molecule has 3 rings (SSSR count). The van der Waals surface area contributed by atoms with Crippen molar-refractivity contribution in [2.75, 3.05) is 14.2 Å². The van der Waals surface area contributed by atoms with Gasteiger partial charge in [0.2, 0.25) is 5.76 Å². The fourth-order valence-corrected chi connectivity index (χ4v) is 2.99. The van der Waals surface area contributed by atoms with E-state index in [1.54, 1.807) is 24.3 Å². The molecule has 0 spiro atoms. The molecule has 1 heterocycles. The first-order valence-corrected chi connectivity index (χ1v) is 8.26. The van der Waals surface area contributed by atoms with Crippen molar-refractivity contribution in [1.82, 2.24) is 4.90 Å². The molecule has 1 unspecified atom stereocenters. The van der Waals surface area contributed by atoms with E-state index in [1.807, 2.05) is 37.4 Å². The summed E-state index contributed by atoms with van der Waals surface area (Å²) < 4.78 is 23.6. The molecule has 0 aliphatic carbocycles. The van der Waals surface area contributed by atoms with E-state index < -0.39 is 5.97 Å². The minimum atomic E-state index is -0.503. The third-order valence-corrected chi connectivity index (χ3v) is 4.20. The Morgan fingerprint density at radius 2 is 1.69 bits per heavy atom. The molecule has 0 bridgehead atoms. The van der Waals surface area contributed by atoms with Crippen molar-refractivity contribution in [1.29, 1.82) is 0 Å². The maximum Gasteiger partial charge on any atom is 0.373 e. The molecule has 0 fully saturated rings. The SMILES string of the molecule is COC(=O)c1ccc(CN(C)C(c2ccccc2)c2ccc(F)cc2)o1. The summed E-state index contributed by atoms with van der Waals surface area (Å²) in [5.41, 5.74) is 2.06. The molecule has 134 valence electrons. The lowest BCUT2D eigenvalue weighted by molar-refractivity contribution is 0.0561. The lowest BCUT2D eigenvalue weighted by Crippen LogP contribution is -2.25. The van der Waals surface area contributed by atoms with Gasteiger partial charge in [0.25, 0.3) is 0 Å². The zero-order valence-electron chi connectivity index (χ0n) is 14.7. The summed E-state index contributed by atoms with van der Waals surface area (Å²) in [6.07, 6.45) is 0. The highest BCUT2D eigenvalue weighted by molar-refractivity contribution is 5.86. The zero-order chi connectivity index (χ0) is 18.5. The largest absolute Gasteiger partial charge is 0.463 e. The number of ether oxygens (including phenoxy) is 1. The predicted molar refractivity (Wildman–Crippen MR) is 96.2 cm³/mol.